The second-order valence-electron chi connectivity index (χ2n) is 6.31. The molecule has 30 heavy (non-hydrogen) atoms. The fourth-order valence-corrected chi connectivity index (χ4v) is 3.65. The number of nitro benzene ring substituents is 1. The molecule has 156 valence electrons. The third-order valence-corrected chi connectivity index (χ3v) is 5.40. The minimum atomic E-state index is -0.481. The van der Waals surface area contributed by atoms with Crippen LogP contribution in [0.3, 0.4) is 0 Å². The van der Waals surface area contributed by atoms with Gasteiger partial charge in [-0.2, -0.15) is 9.78 Å². The molecule has 0 unspecified atom stereocenters. The van der Waals surface area contributed by atoms with Crippen LogP contribution in [0.1, 0.15) is 30.3 Å². The van der Waals surface area contributed by atoms with Crippen LogP contribution in [0, 0.1) is 10.1 Å². The maximum atomic E-state index is 11.2. The summed E-state index contributed by atoms with van der Waals surface area (Å²) in [6.45, 7) is 2.05. The number of aromatic nitrogens is 3. The summed E-state index contributed by atoms with van der Waals surface area (Å²) in [7, 11) is 1.40. The molecular weight excluding hydrogens is 426 g/mol. The number of halogens is 1. The van der Waals surface area contributed by atoms with Gasteiger partial charge in [-0.1, -0.05) is 42.4 Å². The maximum Gasteiger partial charge on any atom is 0.311 e. The Morgan fingerprint density at radius 2 is 2.03 bits per heavy atom. The minimum Gasteiger partial charge on any atom is -0.490 e. The molecule has 3 aromatic rings. The Morgan fingerprint density at radius 3 is 2.70 bits per heavy atom. The lowest BCUT2D eigenvalue weighted by Crippen LogP contribution is -2.01. The zero-order valence-corrected chi connectivity index (χ0v) is 18.1. The molecule has 0 N–H and O–H groups in total. The van der Waals surface area contributed by atoms with Crippen molar-refractivity contribution in [1.29, 1.82) is 0 Å². The van der Waals surface area contributed by atoms with Crippen LogP contribution in [0.5, 0.6) is 5.75 Å². The van der Waals surface area contributed by atoms with E-state index in [-0.39, 0.29) is 11.4 Å². The van der Waals surface area contributed by atoms with Gasteiger partial charge in [0.2, 0.25) is 5.16 Å². The van der Waals surface area contributed by atoms with Gasteiger partial charge in [0.05, 0.1) is 18.2 Å². The van der Waals surface area contributed by atoms with E-state index in [0.717, 1.165) is 17.8 Å². The number of thioether (sulfide) groups is 1. The molecule has 8 nitrogen and oxygen atoms in total. The van der Waals surface area contributed by atoms with E-state index in [2.05, 4.69) is 22.2 Å². The lowest BCUT2D eigenvalue weighted by Gasteiger charge is -2.05. The summed E-state index contributed by atoms with van der Waals surface area (Å²) in [5.74, 6) is 1.62. The number of nitro groups is 1. The van der Waals surface area contributed by atoms with Gasteiger partial charge in [0.1, 0.15) is 0 Å². The van der Waals surface area contributed by atoms with Crippen molar-refractivity contribution in [1.82, 2.24) is 14.9 Å². The highest BCUT2D eigenvalue weighted by molar-refractivity contribution is 7.98. The molecule has 0 aliphatic carbocycles. The predicted octanol–water partition coefficient (Wildman–Crippen LogP) is 4.98. The number of ether oxygens (including phenoxy) is 1. The van der Waals surface area contributed by atoms with Gasteiger partial charge in [-0.05, 0) is 36.2 Å². The first-order valence-corrected chi connectivity index (χ1v) is 10.6. The molecule has 0 saturated carbocycles. The molecule has 0 radical (unpaired) electrons. The van der Waals surface area contributed by atoms with Crippen molar-refractivity contribution >= 4 is 35.3 Å². The van der Waals surface area contributed by atoms with E-state index in [1.807, 2.05) is 24.3 Å². The molecule has 0 spiro atoms. The summed E-state index contributed by atoms with van der Waals surface area (Å²) >= 11 is 7.45. The Hall–Kier alpha value is -2.91. The number of nitrogens with zero attached hydrogens (tertiary/aromatic N) is 5. The van der Waals surface area contributed by atoms with Gasteiger partial charge >= 0.3 is 5.69 Å². The zero-order valence-electron chi connectivity index (χ0n) is 16.5. The van der Waals surface area contributed by atoms with Crippen molar-refractivity contribution in [2.24, 2.45) is 5.10 Å². The van der Waals surface area contributed by atoms with E-state index in [0.29, 0.717) is 27.9 Å². The summed E-state index contributed by atoms with van der Waals surface area (Å²) in [6, 6.07) is 12.3. The Morgan fingerprint density at radius 1 is 1.27 bits per heavy atom. The predicted molar refractivity (Wildman–Crippen MR) is 118 cm³/mol. The second-order valence-corrected chi connectivity index (χ2v) is 7.69. The summed E-state index contributed by atoms with van der Waals surface area (Å²) in [5.41, 5.74) is 1.56. The van der Waals surface area contributed by atoms with E-state index in [1.54, 1.807) is 23.0 Å². The molecule has 10 heteroatoms. The minimum absolute atomic E-state index is 0.115. The van der Waals surface area contributed by atoms with Crippen molar-refractivity contribution in [3.63, 3.8) is 0 Å². The number of benzene rings is 2. The molecule has 1 aromatic heterocycles. The molecule has 0 amide bonds. The largest absolute Gasteiger partial charge is 0.490 e. The Bertz CT molecular complexity index is 1050. The molecule has 0 aliphatic heterocycles. The first kappa shape index (κ1) is 21.8. The normalized spacial score (nSPS) is 11.2. The van der Waals surface area contributed by atoms with Gasteiger partial charge in [0.15, 0.2) is 11.6 Å². The average Bonchev–Trinajstić information content (AvgIpc) is 3.13. The standard InChI is InChI=1S/C20H20ClN5O3S/c1-3-4-19-23-24-20(30-13-14-5-8-16(21)9-6-14)25(19)22-12-15-7-10-18(29-2)17(11-15)26(27)28/h5-12H,3-4,13H2,1-2H3/b22-12-. The lowest BCUT2D eigenvalue weighted by molar-refractivity contribution is -0.385. The molecule has 2 aromatic carbocycles. The molecule has 0 bridgehead atoms. The number of aryl methyl sites for hydroxylation is 1. The molecule has 0 aliphatic rings. The lowest BCUT2D eigenvalue weighted by atomic mass is 10.2. The van der Waals surface area contributed by atoms with Crippen LogP contribution in [0.2, 0.25) is 5.02 Å². The molecule has 0 saturated heterocycles. The summed E-state index contributed by atoms with van der Waals surface area (Å²) in [5, 5.41) is 25.6. The average molecular weight is 446 g/mol. The smallest absolute Gasteiger partial charge is 0.311 e. The Labute approximate surface area is 183 Å². The molecular formula is C20H20ClN5O3S. The van der Waals surface area contributed by atoms with E-state index < -0.39 is 4.92 Å². The number of hydrogen-bond acceptors (Lipinski definition) is 7. The van der Waals surface area contributed by atoms with Gasteiger partial charge in [-0.25, -0.2) is 0 Å². The van der Waals surface area contributed by atoms with Crippen LogP contribution in [0.25, 0.3) is 0 Å². The zero-order chi connectivity index (χ0) is 21.5. The van der Waals surface area contributed by atoms with Crippen LogP contribution >= 0.6 is 23.4 Å². The van der Waals surface area contributed by atoms with Crippen molar-refractivity contribution in [2.75, 3.05) is 7.11 Å². The quantitative estimate of drug-likeness (QED) is 0.199. The summed E-state index contributed by atoms with van der Waals surface area (Å²) in [6.07, 6.45) is 3.17. The third-order valence-electron chi connectivity index (χ3n) is 4.15. The van der Waals surface area contributed by atoms with Gasteiger partial charge in [0, 0.05) is 28.8 Å². The highest BCUT2D eigenvalue weighted by Crippen LogP contribution is 2.27. The molecule has 3 rings (SSSR count). The number of methoxy groups -OCH3 is 1. The first-order valence-electron chi connectivity index (χ1n) is 9.20. The van der Waals surface area contributed by atoms with Crippen molar-refractivity contribution in [3.8, 4) is 5.75 Å². The fraction of sp³-hybridized carbons (Fsp3) is 0.250. The van der Waals surface area contributed by atoms with E-state index in [4.69, 9.17) is 16.3 Å². The number of rotatable bonds is 9. The maximum absolute atomic E-state index is 11.2. The van der Waals surface area contributed by atoms with Crippen molar-refractivity contribution in [2.45, 2.75) is 30.7 Å². The Kier molecular flexibility index (Phi) is 7.42. The van der Waals surface area contributed by atoms with E-state index in [9.17, 15) is 10.1 Å². The van der Waals surface area contributed by atoms with Crippen LogP contribution in [-0.2, 0) is 12.2 Å². The second kappa shape index (κ2) is 10.2. The van der Waals surface area contributed by atoms with Crippen LogP contribution < -0.4 is 4.74 Å². The molecule has 0 fully saturated rings. The van der Waals surface area contributed by atoms with Crippen LogP contribution in [0.4, 0.5) is 5.69 Å². The van der Waals surface area contributed by atoms with Crippen LogP contribution in [0.15, 0.2) is 52.7 Å². The van der Waals surface area contributed by atoms with E-state index in [1.165, 1.54) is 24.9 Å². The Balaban J connectivity index is 1.85. The first-order chi connectivity index (χ1) is 14.5. The molecule has 0 atom stereocenters. The highest BCUT2D eigenvalue weighted by Gasteiger charge is 2.15. The highest BCUT2D eigenvalue weighted by atomic mass is 35.5. The van der Waals surface area contributed by atoms with Gasteiger partial charge in [-0.15, -0.1) is 10.2 Å². The monoisotopic (exact) mass is 445 g/mol. The van der Waals surface area contributed by atoms with Crippen LogP contribution in [-0.4, -0.2) is 33.1 Å². The fourth-order valence-electron chi connectivity index (χ4n) is 2.66. The SMILES string of the molecule is CCCc1nnc(SCc2ccc(Cl)cc2)n1/N=C\c1ccc(OC)c([N+](=O)[O-])c1. The van der Waals surface area contributed by atoms with Gasteiger partial charge in [0.25, 0.3) is 0 Å². The summed E-state index contributed by atoms with van der Waals surface area (Å²) in [4.78, 5) is 10.8. The van der Waals surface area contributed by atoms with Crippen molar-refractivity contribution in [3.05, 3.63) is 74.6 Å². The van der Waals surface area contributed by atoms with Crippen molar-refractivity contribution < 1.29 is 9.66 Å². The molecule has 1 heterocycles. The van der Waals surface area contributed by atoms with E-state index >= 15 is 0 Å². The number of hydrogen-bond donors (Lipinski definition) is 0. The third kappa shape index (κ3) is 5.37. The van der Waals surface area contributed by atoms with Gasteiger partial charge in [-0.3, -0.25) is 10.1 Å². The topological polar surface area (TPSA) is 95.4 Å². The summed E-state index contributed by atoms with van der Waals surface area (Å²) < 4.78 is 6.72. The van der Waals surface area contributed by atoms with Gasteiger partial charge < -0.3 is 4.74 Å².